The molecule has 5 nitrogen and oxygen atoms in total. The van der Waals surface area contributed by atoms with Gasteiger partial charge in [-0.2, -0.15) is 0 Å². The minimum atomic E-state index is 0.149. The van der Waals surface area contributed by atoms with Crippen molar-refractivity contribution in [2.45, 2.75) is 38.1 Å². The van der Waals surface area contributed by atoms with Crippen LogP contribution in [0.4, 0.5) is 0 Å². The molecule has 0 radical (unpaired) electrons. The molecule has 1 aliphatic rings. The first-order chi connectivity index (χ1) is 10.2. The van der Waals surface area contributed by atoms with Crippen LogP contribution in [0.15, 0.2) is 0 Å². The first-order valence-corrected chi connectivity index (χ1v) is 8.37. The predicted octanol–water partition coefficient (Wildman–Crippen LogP) is 1.17. The molecule has 0 bridgehead atoms. The second-order valence-electron chi connectivity index (χ2n) is 6.10. The molecule has 0 aromatic carbocycles. The molecular weight excluding hydrogens is 266 g/mol. The first kappa shape index (κ1) is 18.8. The molecule has 0 unspecified atom stereocenters. The molecule has 21 heavy (non-hydrogen) atoms. The minimum Gasteiger partial charge on any atom is -0.385 e. The summed E-state index contributed by atoms with van der Waals surface area (Å²) < 4.78 is 10.5. The third kappa shape index (κ3) is 5.83. The highest BCUT2D eigenvalue weighted by Gasteiger charge is 2.38. The smallest absolute Gasteiger partial charge is 0.0589 e. The Balaban J connectivity index is 2.61. The highest BCUT2D eigenvalue weighted by atomic mass is 16.5. The SMILES string of the molecule is CCCN1CCC(CN)(N(CCCOC)CCOC)CC1. The third-order valence-electron chi connectivity index (χ3n) is 4.72. The van der Waals surface area contributed by atoms with Crippen molar-refractivity contribution in [1.82, 2.24) is 9.80 Å². The molecule has 1 aliphatic heterocycles. The van der Waals surface area contributed by atoms with Gasteiger partial charge < -0.3 is 20.1 Å². The van der Waals surface area contributed by atoms with Crippen LogP contribution in [-0.2, 0) is 9.47 Å². The summed E-state index contributed by atoms with van der Waals surface area (Å²) in [5, 5.41) is 0. The van der Waals surface area contributed by atoms with Gasteiger partial charge in [0.1, 0.15) is 0 Å². The van der Waals surface area contributed by atoms with Gasteiger partial charge in [0.05, 0.1) is 6.61 Å². The number of likely N-dealkylation sites (tertiary alicyclic amines) is 1. The molecule has 1 heterocycles. The van der Waals surface area contributed by atoms with Crippen molar-refractivity contribution in [1.29, 1.82) is 0 Å². The average Bonchev–Trinajstić information content (AvgIpc) is 2.52. The van der Waals surface area contributed by atoms with Crippen molar-refractivity contribution in [3.05, 3.63) is 0 Å². The van der Waals surface area contributed by atoms with E-state index in [4.69, 9.17) is 15.2 Å². The molecule has 126 valence electrons. The van der Waals surface area contributed by atoms with Gasteiger partial charge in [-0.25, -0.2) is 0 Å². The fraction of sp³-hybridized carbons (Fsp3) is 1.00. The zero-order valence-corrected chi connectivity index (χ0v) is 14.3. The lowest BCUT2D eigenvalue weighted by atomic mass is 9.85. The van der Waals surface area contributed by atoms with Crippen LogP contribution in [-0.4, -0.2) is 82.0 Å². The van der Waals surface area contributed by atoms with Crippen LogP contribution in [0.1, 0.15) is 32.6 Å². The largest absolute Gasteiger partial charge is 0.385 e. The summed E-state index contributed by atoms with van der Waals surface area (Å²) in [7, 11) is 3.54. The number of nitrogens with two attached hydrogens (primary N) is 1. The van der Waals surface area contributed by atoms with Crippen molar-refractivity contribution >= 4 is 0 Å². The average molecular weight is 301 g/mol. The summed E-state index contributed by atoms with van der Waals surface area (Å²) >= 11 is 0. The van der Waals surface area contributed by atoms with Crippen LogP contribution in [0, 0.1) is 0 Å². The topological polar surface area (TPSA) is 51.0 Å². The van der Waals surface area contributed by atoms with E-state index in [0.717, 1.165) is 39.3 Å². The van der Waals surface area contributed by atoms with Gasteiger partial charge in [-0.05, 0) is 45.3 Å². The molecule has 0 saturated carbocycles. The Bertz CT molecular complexity index is 256. The van der Waals surface area contributed by atoms with E-state index in [1.807, 2.05) is 0 Å². The molecule has 2 N–H and O–H groups in total. The summed E-state index contributed by atoms with van der Waals surface area (Å²) in [4.78, 5) is 5.12. The number of rotatable bonds is 11. The zero-order valence-electron chi connectivity index (χ0n) is 14.3. The number of hydrogen-bond acceptors (Lipinski definition) is 5. The van der Waals surface area contributed by atoms with Gasteiger partial charge in [-0.1, -0.05) is 6.92 Å². The van der Waals surface area contributed by atoms with Crippen molar-refractivity contribution in [2.75, 3.05) is 66.7 Å². The van der Waals surface area contributed by atoms with E-state index in [-0.39, 0.29) is 5.54 Å². The Kier molecular flexibility index (Phi) is 9.44. The molecule has 0 aromatic rings. The normalized spacial score (nSPS) is 19.3. The molecule has 0 aromatic heterocycles. The van der Waals surface area contributed by atoms with E-state index in [1.54, 1.807) is 14.2 Å². The molecule has 0 amide bonds. The first-order valence-electron chi connectivity index (χ1n) is 8.37. The van der Waals surface area contributed by atoms with Gasteiger partial charge in [-0.15, -0.1) is 0 Å². The molecule has 0 aliphatic carbocycles. The maximum atomic E-state index is 6.20. The number of ether oxygens (including phenoxy) is 2. The Morgan fingerprint density at radius 1 is 1.10 bits per heavy atom. The Morgan fingerprint density at radius 2 is 1.76 bits per heavy atom. The standard InChI is InChI=1S/C16H35N3O2/c1-4-8-18-10-6-16(15-17,7-11-18)19(12-14-21-3)9-5-13-20-2/h4-15,17H2,1-3H3. The van der Waals surface area contributed by atoms with Crippen LogP contribution < -0.4 is 5.73 Å². The summed E-state index contributed by atoms with van der Waals surface area (Å²) in [6.07, 6.45) is 4.62. The molecular formula is C16H35N3O2. The van der Waals surface area contributed by atoms with Gasteiger partial charge in [0.2, 0.25) is 0 Å². The van der Waals surface area contributed by atoms with E-state index in [0.29, 0.717) is 0 Å². The van der Waals surface area contributed by atoms with Crippen molar-refractivity contribution in [3.8, 4) is 0 Å². The summed E-state index contributed by atoms with van der Waals surface area (Å²) in [6, 6.07) is 0. The van der Waals surface area contributed by atoms with Crippen LogP contribution in [0.3, 0.4) is 0 Å². The second kappa shape index (κ2) is 10.5. The lowest BCUT2D eigenvalue weighted by Gasteiger charge is -2.48. The van der Waals surface area contributed by atoms with Gasteiger partial charge in [0.25, 0.3) is 0 Å². The van der Waals surface area contributed by atoms with E-state index < -0.39 is 0 Å². The second-order valence-corrected chi connectivity index (χ2v) is 6.10. The van der Waals surface area contributed by atoms with Crippen LogP contribution in [0.25, 0.3) is 0 Å². The van der Waals surface area contributed by atoms with Crippen molar-refractivity contribution in [3.63, 3.8) is 0 Å². The van der Waals surface area contributed by atoms with E-state index in [9.17, 15) is 0 Å². The monoisotopic (exact) mass is 301 g/mol. The Morgan fingerprint density at radius 3 is 2.29 bits per heavy atom. The number of hydrogen-bond donors (Lipinski definition) is 1. The van der Waals surface area contributed by atoms with Crippen LogP contribution in [0.5, 0.6) is 0 Å². The maximum absolute atomic E-state index is 6.20. The maximum Gasteiger partial charge on any atom is 0.0589 e. The van der Waals surface area contributed by atoms with E-state index >= 15 is 0 Å². The molecule has 1 rings (SSSR count). The van der Waals surface area contributed by atoms with Crippen LogP contribution >= 0.6 is 0 Å². The molecule has 0 atom stereocenters. The van der Waals surface area contributed by atoms with Crippen molar-refractivity contribution in [2.24, 2.45) is 5.73 Å². The van der Waals surface area contributed by atoms with E-state index in [1.165, 1.54) is 38.9 Å². The predicted molar refractivity (Wildman–Crippen MR) is 87.7 cm³/mol. The molecule has 1 fully saturated rings. The zero-order chi connectivity index (χ0) is 15.6. The van der Waals surface area contributed by atoms with Gasteiger partial charge >= 0.3 is 0 Å². The minimum absolute atomic E-state index is 0.149. The van der Waals surface area contributed by atoms with Gasteiger partial charge in [0, 0.05) is 46.0 Å². The fourth-order valence-electron chi connectivity index (χ4n) is 3.35. The Hall–Kier alpha value is -0.200. The lowest BCUT2D eigenvalue weighted by Crippen LogP contribution is -2.60. The highest BCUT2D eigenvalue weighted by molar-refractivity contribution is 4.96. The molecule has 1 saturated heterocycles. The number of nitrogens with zero attached hydrogens (tertiary/aromatic N) is 2. The van der Waals surface area contributed by atoms with Gasteiger partial charge in [-0.3, -0.25) is 4.90 Å². The fourth-order valence-corrected chi connectivity index (χ4v) is 3.35. The summed E-state index contributed by atoms with van der Waals surface area (Å²) in [6.45, 7) is 10.1. The van der Waals surface area contributed by atoms with E-state index in [2.05, 4.69) is 16.7 Å². The highest BCUT2D eigenvalue weighted by Crippen LogP contribution is 2.28. The quantitative estimate of drug-likeness (QED) is 0.581. The molecule has 0 spiro atoms. The summed E-state index contributed by atoms with van der Waals surface area (Å²) in [5.41, 5.74) is 6.35. The molecule has 5 heteroatoms. The van der Waals surface area contributed by atoms with Crippen LogP contribution in [0.2, 0.25) is 0 Å². The Labute approximate surface area is 130 Å². The van der Waals surface area contributed by atoms with Crippen molar-refractivity contribution < 1.29 is 9.47 Å². The number of methoxy groups -OCH3 is 2. The summed E-state index contributed by atoms with van der Waals surface area (Å²) in [5.74, 6) is 0. The number of piperidine rings is 1. The third-order valence-corrected chi connectivity index (χ3v) is 4.72. The lowest BCUT2D eigenvalue weighted by molar-refractivity contribution is 0.00635. The van der Waals surface area contributed by atoms with Gasteiger partial charge in [0.15, 0.2) is 0 Å².